The molecule has 2 aromatic heterocycles. The number of carbonyl (C=O) groups is 2. The molecule has 1 aliphatic rings. The lowest BCUT2D eigenvalue weighted by atomic mass is 9.98. The summed E-state index contributed by atoms with van der Waals surface area (Å²) in [7, 11) is 1.89. The maximum Gasteiger partial charge on any atom is 0.338 e. The largest absolute Gasteiger partial charge is 0.494 e. The van der Waals surface area contributed by atoms with E-state index in [1.54, 1.807) is 0 Å². The number of rotatable bonds is 8. The maximum atomic E-state index is 14.8. The van der Waals surface area contributed by atoms with E-state index in [1.165, 1.54) is 17.0 Å². The highest BCUT2D eigenvalue weighted by Gasteiger charge is 2.33. The Morgan fingerprint density at radius 2 is 1.74 bits per heavy atom. The van der Waals surface area contributed by atoms with Crippen LogP contribution in [0.1, 0.15) is 61.8 Å². The van der Waals surface area contributed by atoms with Crippen LogP contribution >= 0.6 is 23.2 Å². The maximum absolute atomic E-state index is 14.8. The minimum atomic E-state index is -1.37. The number of aromatic nitrogens is 3. The third-order valence-corrected chi connectivity index (χ3v) is 9.90. The SMILES string of the molecule is Cc1cc(OCCCc2c3n(c4c(-c5c(C)nn(C)c5C)c(Cl)ccc24)CCCN(c2ccc(C(=O)O)c(F)c2)C3=O)cc(C)c1Cl. The highest BCUT2D eigenvalue weighted by atomic mass is 35.5. The van der Waals surface area contributed by atoms with E-state index >= 15 is 0 Å². The number of halogens is 3. The minimum Gasteiger partial charge on any atom is -0.494 e. The summed E-state index contributed by atoms with van der Waals surface area (Å²) in [5.41, 5.74) is 7.46. The molecule has 0 bridgehead atoms. The monoisotopic (exact) mass is 676 g/mol. The average molecular weight is 678 g/mol. The Morgan fingerprint density at radius 1 is 1.02 bits per heavy atom. The Balaban J connectivity index is 1.47. The lowest BCUT2D eigenvalue weighted by Crippen LogP contribution is -2.32. The lowest BCUT2D eigenvalue weighted by molar-refractivity contribution is 0.0691. The molecule has 0 fully saturated rings. The number of carboxylic acids is 1. The van der Waals surface area contributed by atoms with Crippen molar-refractivity contribution >= 4 is 51.7 Å². The van der Waals surface area contributed by atoms with E-state index in [2.05, 4.69) is 9.67 Å². The molecule has 6 rings (SSSR count). The van der Waals surface area contributed by atoms with Gasteiger partial charge < -0.3 is 19.3 Å². The van der Waals surface area contributed by atoms with Crippen LogP contribution in [0, 0.1) is 33.5 Å². The van der Waals surface area contributed by atoms with Gasteiger partial charge in [-0.05, 0) is 100 Å². The molecule has 1 N–H and O–H groups in total. The number of hydrogen-bond donors (Lipinski definition) is 1. The molecule has 0 saturated heterocycles. The fourth-order valence-corrected chi connectivity index (χ4v) is 7.08. The molecule has 1 amide bonds. The van der Waals surface area contributed by atoms with Crippen LogP contribution in [-0.4, -0.2) is 44.5 Å². The van der Waals surface area contributed by atoms with Crippen molar-refractivity contribution in [3.63, 3.8) is 0 Å². The molecular weight excluding hydrogens is 642 g/mol. The molecule has 3 heterocycles. The Bertz CT molecular complexity index is 2060. The zero-order chi connectivity index (χ0) is 33.7. The summed E-state index contributed by atoms with van der Waals surface area (Å²) in [6.07, 6.45) is 1.73. The average Bonchev–Trinajstić information content (AvgIpc) is 3.39. The van der Waals surface area contributed by atoms with Crippen molar-refractivity contribution in [1.29, 1.82) is 0 Å². The summed E-state index contributed by atoms with van der Waals surface area (Å²) in [6.45, 7) is 9.09. The van der Waals surface area contributed by atoms with Crippen LogP contribution in [0.4, 0.5) is 10.1 Å². The van der Waals surface area contributed by atoms with E-state index in [0.29, 0.717) is 55.4 Å². The molecular formula is C36H35Cl2FN4O4. The summed E-state index contributed by atoms with van der Waals surface area (Å²) < 4.78 is 24.8. The second kappa shape index (κ2) is 12.7. The van der Waals surface area contributed by atoms with Gasteiger partial charge in [-0.1, -0.05) is 29.3 Å². The Kier molecular flexibility index (Phi) is 8.80. The molecule has 1 aliphatic heterocycles. The fourth-order valence-electron chi connectivity index (χ4n) is 6.72. The predicted molar refractivity (Wildman–Crippen MR) is 183 cm³/mol. The van der Waals surface area contributed by atoms with Gasteiger partial charge in [-0.3, -0.25) is 9.48 Å². The van der Waals surface area contributed by atoms with E-state index in [9.17, 15) is 19.1 Å². The summed E-state index contributed by atoms with van der Waals surface area (Å²) in [5, 5.41) is 16.2. The standard InChI is InChI=1S/C36H35Cl2FN4O4/c1-19-16-24(17-20(2)32(19)38)47-15-6-8-25-26-11-12-28(37)31(30-21(3)40-41(5)22(30)4)33(26)43-14-7-13-42(35(44)34(25)43)23-9-10-27(36(45)46)29(39)18-23/h9-12,16-18H,6-8,13-15H2,1-5H3,(H,45,46). The number of aromatic carboxylic acids is 1. The first-order valence-corrected chi connectivity index (χ1v) is 16.2. The number of nitrogens with zero attached hydrogens (tertiary/aromatic N) is 4. The molecule has 5 aromatic rings. The zero-order valence-corrected chi connectivity index (χ0v) is 28.4. The zero-order valence-electron chi connectivity index (χ0n) is 26.9. The lowest BCUT2D eigenvalue weighted by Gasteiger charge is -2.21. The molecule has 0 atom stereocenters. The van der Waals surface area contributed by atoms with Gasteiger partial charge in [-0.2, -0.15) is 5.10 Å². The predicted octanol–water partition coefficient (Wildman–Crippen LogP) is 8.48. The second-order valence-corrected chi connectivity index (χ2v) is 12.9. The van der Waals surface area contributed by atoms with Crippen molar-refractivity contribution in [3.8, 4) is 16.9 Å². The molecule has 0 unspecified atom stereocenters. The second-order valence-electron chi connectivity index (χ2n) is 12.1. The summed E-state index contributed by atoms with van der Waals surface area (Å²) in [5.74, 6) is -1.82. The fraction of sp³-hybridized carbons (Fsp3) is 0.306. The van der Waals surface area contributed by atoms with Gasteiger partial charge in [0.2, 0.25) is 0 Å². The van der Waals surface area contributed by atoms with Crippen LogP contribution in [0.25, 0.3) is 22.0 Å². The number of anilines is 1. The normalized spacial score (nSPS) is 13.3. The molecule has 3 aromatic carbocycles. The van der Waals surface area contributed by atoms with Gasteiger partial charge >= 0.3 is 5.97 Å². The molecule has 8 nitrogen and oxygen atoms in total. The Labute approximate surface area is 282 Å². The van der Waals surface area contributed by atoms with Crippen LogP contribution in [0.2, 0.25) is 10.0 Å². The molecule has 0 spiro atoms. The number of fused-ring (bicyclic) bond motifs is 3. The Hall–Kier alpha value is -4.34. The molecule has 244 valence electrons. The number of hydrogen-bond acceptors (Lipinski definition) is 4. The van der Waals surface area contributed by atoms with Crippen LogP contribution < -0.4 is 9.64 Å². The van der Waals surface area contributed by atoms with E-state index in [4.69, 9.17) is 27.9 Å². The number of aryl methyl sites for hydroxylation is 6. The van der Waals surface area contributed by atoms with E-state index in [-0.39, 0.29) is 5.91 Å². The molecule has 0 aliphatic carbocycles. The van der Waals surface area contributed by atoms with Gasteiger partial charge in [0.1, 0.15) is 17.3 Å². The third-order valence-electron chi connectivity index (χ3n) is 8.99. The van der Waals surface area contributed by atoms with Gasteiger partial charge in [-0.25, -0.2) is 9.18 Å². The summed E-state index contributed by atoms with van der Waals surface area (Å²) >= 11 is 13.3. The first-order valence-electron chi connectivity index (χ1n) is 15.5. The summed E-state index contributed by atoms with van der Waals surface area (Å²) in [6, 6.07) is 11.5. The quantitative estimate of drug-likeness (QED) is 0.167. The smallest absolute Gasteiger partial charge is 0.338 e. The van der Waals surface area contributed by atoms with E-state index in [1.807, 2.05) is 63.7 Å². The van der Waals surface area contributed by atoms with Crippen LogP contribution in [0.5, 0.6) is 5.75 Å². The molecule has 47 heavy (non-hydrogen) atoms. The van der Waals surface area contributed by atoms with Gasteiger partial charge in [0.05, 0.1) is 28.4 Å². The number of ether oxygens (including phenoxy) is 1. The molecule has 0 saturated carbocycles. The van der Waals surface area contributed by atoms with E-state index in [0.717, 1.165) is 66.9 Å². The highest BCUT2D eigenvalue weighted by molar-refractivity contribution is 6.35. The number of carbonyl (C=O) groups excluding carboxylic acids is 1. The first-order chi connectivity index (χ1) is 22.4. The minimum absolute atomic E-state index is 0.289. The van der Waals surface area contributed by atoms with Gasteiger partial charge in [0.25, 0.3) is 5.91 Å². The van der Waals surface area contributed by atoms with Crippen LogP contribution in [-0.2, 0) is 20.0 Å². The number of carboxylic acid groups (broad SMARTS) is 1. The number of amides is 1. The summed E-state index contributed by atoms with van der Waals surface area (Å²) in [4.78, 5) is 27.6. The van der Waals surface area contributed by atoms with Gasteiger partial charge in [-0.15, -0.1) is 0 Å². The van der Waals surface area contributed by atoms with E-state index < -0.39 is 17.3 Å². The van der Waals surface area contributed by atoms with Gasteiger partial charge in [0, 0.05) is 53.1 Å². The highest BCUT2D eigenvalue weighted by Crippen LogP contribution is 2.43. The van der Waals surface area contributed by atoms with Crippen LogP contribution in [0.3, 0.4) is 0 Å². The van der Waals surface area contributed by atoms with Crippen molar-refractivity contribution < 1.29 is 23.8 Å². The molecule has 0 radical (unpaired) electrons. The van der Waals surface area contributed by atoms with Crippen molar-refractivity contribution in [2.24, 2.45) is 7.05 Å². The van der Waals surface area contributed by atoms with Crippen molar-refractivity contribution in [1.82, 2.24) is 14.3 Å². The van der Waals surface area contributed by atoms with Gasteiger partial charge in [0.15, 0.2) is 0 Å². The third kappa shape index (κ3) is 5.76. The Morgan fingerprint density at radius 3 is 2.38 bits per heavy atom. The van der Waals surface area contributed by atoms with Crippen LogP contribution in [0.15, 0.2) is 42.5 Å². The van der Waals surface area contributed by atoms with Crippen molar-refractivity contribution in [3.05, 3.63) is 97.7 Å². The molecule has 11 heteroatoms. The topological polar surface area (TPSA) is 89.6 Å². The number of benzene rings is 3. The van der Waals surface area contributed by atoms with Crippen molar-refractivity contribution in [2.75, 3.05) is 18.1 Å². The first kappa shape index (κ1) is 32.6. The van der Waals surface area contributed by atoms with Crippen molar-refractivity contribution in [2.45, 2.75) is 53.5 Å².